The number of aliphatic hydroxyl groups is 3. The standard InChI is InChI=1S/C28H32N2O10/c31-16(11-36-13-17-2-1-7-37-17)12-40-29-20-9-21(32)26(33)24-18(20)4-5-19-25(24)28(35)30(27(19)34)10-15-3-6-22-23(8-15)39-14-38-22/h1-3,6-8,16,18-19,21,24-26,31-33H,4-5,9-14H2/t16-,18-,19+,21+,24-,25+,26+/m0/s1. The number of nitrogens with zero attached hydrogens (tertiary/aromatic N) is 2. The van der Waals surface area contributed by atoms with E-state index in [9.17, 15) is 24.9 Å². The molecular weight excluding hydrogens is 524 g/mol. The van der Waals surface area contributed by atoms with Crippen LogP contribution >= 0.6 is 0 Å². The number of fused-ring (bicyclic) bond motifs is 4. The van der Waals surface area contributed by atoms with E-state index in [1.807, 2.05) is 0 Å². The number of amides is 2. The van der Waals surface area contributed by atoms with Crippen molar-refractivity contribution in [1.29, 1.82) is 0 Å². The predicted molar refractivity (Wildman–Crippen MR) is 136 cm³/mol. The van der Waals surface area contributed by atoms with Gasteiger partial charge >= 0.3 is 0 Å². The lowest BCUT2D eigenvalue weighted by molar-refractivity contribution is -0.142. The predicted octanol–water partition coefficient (Wildman–Crippen LogP) is 1.21. The molecule has 3 N–H and O–H groups in total. The SMILES string of the molecule is O=C1[C@H]2[C@H]3[C@H](O)[C@H](O)CC(=NOC[C@@H](O)COCc4ccco4)[C@@H]3CC[C@H]2C(=O)N1Cc1ccc2c(c1)OCO2. The van der Waals surface area contributed by atoms with Crippen LogP contribution in [0.4, 0.5) is 0 Å². The quantitative estimate of drug-likeness (QED) is 0.303. The van der Waals surface area contributed by atoms with Crippen molar-refractivity contribution in [3.63, 3.8) is 0 Å². The molecule has 0 spiro atoms. The number of furan rings is 1. The Labute approximate surface area is 230 Å². The summed E-state index contributed by atoms with van der Waals surface area (Å²) in [5, 5.41) is 36.0. The van der Waals surface area contributed by atoms with Crippen molar-refractivity contribution < 1.29 is 48.4 Å². The maximum Gasteiger partial charge on any atom is 0.233 e. The lowest BCUT2D eigenvalue weighted by atomic mass is 9.60. The number of aliphatic hydroxyl groups excluding tert-OH is 3. The molecule has 12 heteroatoms. The highest BCUT2D eigenvalue weighted by molar-refractivity contribution is 6.06. The fourth-order valence-corrected chi connectivity index (χ4v) is 6.36. The second kappa shape index (κ2) is 11.2. The first-order valence-electron chi connectivity index (χ1n) is 13.5. The minimum atomic E-state index is -1.18. The van der Waals surface area contributed by atoms with Crippen molar-refractivity contribution in [2.24, 2.45) is 28.8 Å². The molecule has 2 aliphatic carbocycles. The molecular formula is C28H32N2O10. The Morgan fingerprint density at radius 3 is 2.70 bits per heavy atom. The summed E-state index contributed by atoms with van der Waals surface area (Å²) in [6.07, 6.45) is -0.689. The van der Waals surface area contributed by atoms with Crippen LogP contribution in [0.3, 0.4) is 0 Å². The van der Waals surface area contributed by atoms with E-state index < -0.39 is 36.1 Å². The molecule has 0 bridgehead atoms. The lowest BCUT2D eigenvalue weighted by Gasteiger charge is -2.45. The van der Waals surface area contributed by atoms with Crippen LogP contribution in [0, 0.1) is 23.7 Å². The summed E-state index contributed by atoms with van der Waals surface area (Å²) in [6.45, 7) is 0.303. The monoisotopic (exact) mass is 556 g/mol. The zero-order valence-corrected chi connectivity index (χ0v) is 21.8. The first-order chi connectivity index (χ1) is 19.4. The fraction of sp³-hybridized carbons (Fsp3) is 0.536. The second-order valence-electron chi connectivity index (χ2n) is 10.7. The summed E-state index contributed by atoms with van der Waals surface area (Å²) in [5.41, 5.74) is 1.24. The summed E-state index contributed by atoms with van der Waals surface area (Å²) in [7, 11) is 0. The molecule has 6 rings (SSSR count). The van der Waals surface area contributed by atoms with E-state index in [-0.39, 0.29) is 57.3 Å². The van der Waals surface area contributed by atoms with Crippen molar-refractivity contribution in [2.75, 3.05) is 20.0 Å². The summed E-state index contributed by atoms with van der Waals surface area (Å²) in [5.74, 6) is -1.17. The van der Waals surface area contributed by atoms with E-state index in [4.69, 9.17) is 23.5 Å². The zero-order chi connectivity index (χ0) is 27.8. The maximum atomic E-state index is 13.6. The molecule has 4 aliphatic rings. The molecule has 214 valence electrons. The van der Waals surface area contributed by atoms with Crippen molar-refractivity contribution in [3.05, 3.63) is 47.9 Å². The number of carbonyl (C=O) groups is 2. The van der Waals surface area contributed by atoms with Crippen LogP contribution in [0.1, 0.15) is 30.6 Å². The van der Waals surface area contributed by atoms with Crippen LogP contribution in [0.25, 0.3) is 0 Å². The van der Waals surface area contributed by atoms with Gasteiger partial charge in [-0.25, -0.2) is 0 Å². The molecule has 2 saturated carbocycles. The molecule has 3 heterocycles. The summed E-state index contributed by atoms with van der Waals surface area (Å²) in [6, 6.07) is 8.80. The minimum Gasteiger partial charge on any atom is -0.467 e. The van der Waals surface area contributed by atoms with Crippen molar-refractivity contribution in [2.45, 2.75) is 50.7 Å². The van der Waals surface area contributed by atoms with Crippen LogP contribution in [-0.4, -0.2) is 76.1 Å². The Bertz CT molecular complexity index is 1260. The van der Waals surface area contributed by atoms with Crippen LogP contribution in [-0.2, 0) is 32.3 Å². The average Bonchev–Trinajstić information content (AvgIpc) is 3.69. The van der Waals surface area contributed by atoms with E-state index in [1.165, 1.54) is 11.2 Å². The highest BCUT2D eigenvalue weighted by Crippen LogP contribution is 2.50. The summed E-state index contributed by atoms with van der Waals surface area (Å²) >= 11 is 0. The minimum absolute atomic E-state index is 0.0124. The molecule has 1 aromatic carbocycles. The number of hydrogen-bond donors (Lipinski definition) is 3. The van der Waals surface area contributed by atoms with Gasteiger partial charge in [-0.3, -0.25) is 14.5 Å². The Kier molecular flexibility index (Phi) is 7.49. The molecule has 2 aromatic rings. The number of rotatable bonds is 9. The largest absolute Gasteiger partial charge is 0.467 e. The van der Waals surface area contributed by atoms with Gasteiger partial charge in [0.25, 0.3) is 0 Å². The van der Waals surface area contributed by atoms with Crippen molar-refractivity contribution in [1.82, 2.24) is 4.90 Å². The highest BCUT2D eigenvalue weighted by atomic mass is 16.7. The number of oxime groups is 1. The van der Waals surface area contributed by atoms with Gasteiger partial charge in [0, 0.05) is 18.3 Å². The van der Waals surface area contributed by atoms with Crippen LogP contribution in [0.5, 0.6) is 11.5 Å². The van der Waals surface area contributed by atoms with E-state index in [2.05, 4.69) is 5.16 Å². The van der Waals surface area contributed by atoms with Gasteiger partial charge in [0.1, 0.15) is 25.1 Å². The third-order valence-corrected chi connectivity index (χ3v) is 8.23. The Balaban J connectivity index is 1.11. The zero-order valence-electron chi connectivity index (χ0n) is 21.8. The van der Waals surface area contributed by atoms with Gasteiger partial charge in [0.05, 0.1) is 49.2 Å². The number of ether oxygens (including phenoxy) is 3. The Hall–Kier alpha value is -3.45. The van der Waals surface area contributed by atoms with Gasteiger partial charge in [0.2, 0.25) is 18.6 Å². The van der Waals surface area contributed by atoms with Gasteiger partial charge < -0.3 is 38.8 Å². The summed E-state index contributed by atoms with van der Waals surface area (Å²) in [4.78, 5) is 33.6. The molecule has 1 saturated heterocycles. The molecule has 40 heavy (non-hydrogen) atoms. The van der Waals surface area contributed by atoms with Gasteiger partial charge in [-0.15, -0.1) is 0 Å². The molecule has 0 unspecified atom stereocenters. The van der Waals surface area contributed by atoms with Crippen LogP contribution in [0.15, 0.2) is 46.2 Å². The van der Waals surface area contributed by atoms with Crippen molar-refractivity contribution >= 4 is 17.5 Å². The maximum absolute atomic E-state index is 13.6. The topological polar surface area (TPSA) is 160 Å². The number of likely N-dealkylation sites (tertiary alicyclic amines) is 1. The van der Waals surface area contributed by atoms with Gasteiger partial charge in [0.15, 0.2) is 11.5 Å². The van der Waals surface area contributed by atoms with E-state index in [0.717, 1.165) is 5.56 Å². The summed E-state index contributed by atoms with van der Waals surface area (Å²) < 4.78 is 21.3. The molecule has 2 aliphatic heterocycles. The number of carbonyl (C=O) groups excluding carboxylic acids is 2. The Morgan fingerprint density at radius 2 is 1.88 bits per heavy atom. The van der Waals surface area contributed by atoms with E-state index >= 15 is 0 Å². The normalized spacial score (nSPS) is 30.9. The third kappa shape index (κ3) is 5.07. The molecule has 12 nitrogen and oxygen atoms in total. The highest BCUT2D eigenvalue weighted by Gasteiger charge is 2.59. The number of benzene rings is 1. The molecule has 0 radical (unpaired) electrons. The smallest absolute Gasteiger partial charge is 0.233 e. The van der Waals surface area contributed by atoms with E-state index in [1.54, 1.807) is 30.3 Å². The fourth-order valence-electron chi connectivity index (χ4n) is 6.36. The molecule has 7 atom stereocenters. The van der Waals surface area contributed by atoms with Crippen LogP contribution < -0.4 is 9.47 Å². The molecule has 1 aromatic heterocycles. The van der Waals surface area contributed by atoms with Gasteiger partial charge in [-0.1, -0.05) is 11.2 Å². The van der Waals surface area contributed by atoms with E-state index in [0.29, 0.717) is 35.8 Å². The second-order valence-corrected chi connectivity index (χ2v) is 10.7. The first kappa shape index (κ1) is 26.8. The first-order valence-corrected chi connectivity index (χ1v) is 13.5. The number of imide groups is 1. The van der Waals surface area contributed by atoms with Crippen molar-refractivity contribution in [3.8, 4) is 11.5 Å². The lowest BCUT2D eigenvalue weighted by Crippen LogP contribution is -2.54. The number of hydrogen-bond acceptors (Lipinski definition) is 11. The average molecular weight is 557 g/mol. The van der Waals surface area contributed by atoms with Crippen LogP contribution in [0.2, 0.25) is 0 Å². The van der Waals surface area contributed by atoms with Gasteiger partial charge in [-0.05, 0) is 42.7 Å². The molecule has 3 fully saturated rings. The Morgan fingerprint density at radius 1 is 1.05 bits per heavy atom. The molecule has 2 amide bonds. The third-order valence-electron chi connectivity index (χ3n) is 8.23. The van der Waals surface area contributed by atoms with Gasteiger partial charge in [-0.2, -0.15) is 0 Å².